The molecule has 0 spiro atoms. The van der Waals surface area contributed by atoms with E-state index in [2.05, 4.69) is 5.32 Å². The number of sulfonamides is 1. The quantitative estimate of drug-likeness (QED) is 0.780. The Kier molecular flexibility index (Phi) is 6.41. The minimum absolute atomic E-state index is 0.395. The van der Waals surface area contributed by atoms with Crippen molar-refractivity contribution in [2.24, 2.45) is 0 Å². The Balaban J connectivity index is 2.73. The summed E-state index contributed by atoms with van der Waals surface area (Å²) in [6, 6.07) is 1.76. The van der Waals surface area contributed by atoms with Crippen molar-refractivity contribution < 1.29 is 8.42 Å². The van der Waals surface area contributed by atoms with Crippen LogP contribution in [0.15, 0.2) is 16.3 Å². The zero-order valence-corrected chi connectivity index (χ0v) is 13.6. The topological polar surface area (TPSA) is 52.7 Å². The van der Waals surface area contributed by atoms with Crippen molar-refractivity contribution in [3.05, 3.63) is 16.3 Å². The van der Waals surface area contributed by atoms with Gasteiger partial charge in [-0.1, -0.05) is 6.92 Å². The van der Waals surface area contributed by atoms with Gasteiger partial charge in [-0.25, -0.2) is 8.42 Å². The number of likely N-dealkylation sites (N-methyl/N-ethyl adjacent to an activating group) is 2. The molecule has 0 aliphatic heterocycles. The molecule has 0 aliphatic rings. The SMILES string of the molecule is CCNCc1cc(S(=O)(=O)N(C)CCN(C)C)cs1. The normalized spacial score (nSPS) is 12.5. The molecule has 1 N–H and O–H groups in total. The van der Waals surface area contributed by atoms with Crippen LogP contribution in [-0.4, -0.2) is 58.4 Å². The zero-order valence-electron chi connectivity index (χ0n) is 12.0. The van der Waals surface area contributed by atoms with Crippen molar-refractivity contribution in [2.75, 3.05) is 40.8 Å². The third kappa shape index (κ3) is 4.85. The van der Waals surface area contributed by atoms with Gasteiger partial charge in [-0.15, -0.1) is 11.3 Å². The second-order valence-corrected chi connectivity index (χ2v) is 7.70. The number of thiophene rings is 1. The number of hydrogen-bond acceptors (Lipinski definition) is 5. The van der Waals surface area contributed by atoms with Crippen molar-refractivity contribution in [3.63, 3.8) is 0 Å². The number of hydrogen-bond donors (Lipinski definition) is 1. The van der Waals surface area contributed by atoms with E-state index in [4.69, 9.17) is 0 Å². The lowest BCUT2D eigenvalue weighted by Gasteiger charge is -2.18. The molecule has 7 heteroatoms. The van der Waals surface area contributed by atoms with E-state index in [-0.39, 0.29) is 0 Å². The molecule has 0 saturated carbocycles. The average molecular weight is 305 g/mol. The third-order valence-corrected chi connectivity index (χ3v) is 5.67. The van der Waals surface area contributed by atoms with Crippen LogP contribution in [-0.2, 0) is 16.6 Å². The third-order valence-electron chi connectivity index (χ3n) is 2.75. The fourth-order valence-electron chi connectivity index (χ4n) is 1.48. The van der Waals surface area contributed by atoms with Crippen LogP contribution < -0.4 is 5.32 Å². The summed E-state index contributed by atoms with van der Waals surface area (Å²) in [5.74, 6) is 0. The fraction of sp³-hybridized carbons (Fsp3) is 0.667. The molecule has 0 fully saturated rings. The van der Waals surface area contributed by atoms with E-state index in [0.717, 1.165) is 18.0 Å². The fourth-order valence-corrected chi connectivity index (χ4v) is 3.87. The molecule has 1 rings (SSSR count). The molecule has 110 valence electrons. The van der Waals surface area contributed by atoms with E-state index in [1.807, 2.05) is 25.9 Å². The Morgan fingerprint density at radius 3 is 2.53 bits per heavy atom. The Morgan fingerprint density at radius 1 is 1.26 bits per heavy atom. The Bertz CT molecular complexity index is 483. The first-order chi connectivity index (χ1) is 8.87. The van der Waals surface area contributed by atoms with Crippen LogP contribution in [0.1, 0.15) is 11.8 Å². The van der Waals surface area contributed by atoms with Crippen LogP contribution >= 0.6 is 11.3 Å². The van der Waals surface area contributed by atoms with E-state index >= 15 is 0 Å². The Hall–Kier alpha value is -0.470. The minimum Gasteiger partial charge on any atom is -0.312 e. The lowest BCUT2D eigenvalue weighted by atomic mass is 10.4. The molecule has 0 radical (unpaired) electrons. The molecule has 0 aliphatic carbocycles. The summed E-state index contributed by atoms with van der Waals surface area (Å²) >= 11 is 1.48. The van der Waals surface area contributed by atoms with Gasteiger partial charge in [0.2, 0.25) is 10.0 Å². The average Bonchev–Trinajstić information content (AvgIpc) is 2.82. The smallest absolute Gasteiger partial charge is 0.243 e. The van der Waals surface area contributed by atoms with Crippen molar-refractivity contribution in [1.29, 1.82) is 0 Å². The van der Waals surface area contributed by atoms with Crippen LogP contribution in [0.25, 0.3) is 0 Å². The molecule has 19 heavy (non-hydrogen) atoms. The van der Waals surface area contributed by atoms with Gasteiger partial charge < -0.3 is 10.2 Å². The van der Waals surface area contributed by atoms with Crippen LogP contribution in [0.5, 0.6) is 0 Å². The highest BCUT2D eigenvalue weighted by molar-refractivity contribution is 7.89. The molecule has 1 aromatic rings. The van der Waals surface area contributed by atoms with Gasteiger partial charge in [-0.2, -0.15) is 4.31 Å². The minimum atomic E-state index is -3.35. The number of nitrogens with zero attached hydrogens (tertiary/aromatic N) is 2. The first kappa shape index (κ1) is 16.6. The molecule has 1 heterocycles. The van der Waals surface area contributed by atoms with Gasteiger partial charge in [0.05, 0.1) is 4.90 Å². The molecule has 0 saturated heterocycles. The highest BCUT2D eigenvalue weighted by Gasteiger charge is 2.21. The summed E-state index contributed by atoms with van der Waals surface area (Å²) in [7, 11) is 2.14. The van der Waals surface area contributed by atoms with Crippen molar-refractivity contribution in [1.82, 2.24) is 14.5 Å². The first-order valence-electron chi connectivity index (χ1n) is 6.27. The Labute approximate surface area is 120 Å². The number of nitrogens with one attached hydrogen (secondary N) is 1. The van der Waals surface area contributed by atoms with Crippen LogP contribution in [0.4, 0.5) is 0 Å². The lowest BCUT2D eigenvalue weighted by molar-refractivity contribution is 0.358. The maximum absolute atomic E-state index is 12.3. The summed E-state index contributed by atoms with van der Waals surface area (Å²) in [6.45, 7) is 4.83. The zero-order chi connectivity index (χ0) is 14.5. The first-order valence-corrected chi connectivity index (χ1v) is 8.59. The maximum Gasteiger partial charge on any atom is 0.243 e. The van der Waals surface area contributed by atoms with Crippen molar-refractivity contribution in [2.45, 2.75) is 18.4 Å². The van der Waals surface area contributed by atoms with Gasteiger partial charge in [-0.05, 0) is 26.7 Å². The maximum atomic E-state index is 12.3. The van der Waals surface area contributed by atoms with E-state index in [9.17, 15) is 8.42 Å². The van der Waals surface area contributed by atoms with E-state index in [1.54, 1.807) is 18.5 Å². The van der Waals surface area contributed by atoms with Gasteiger partial charge in [0.1, 0.15) is 0 Å². The summed E-state index contributed by atoms with van der Waals surface area (Å²) in [5, 5.41) is 4.91. The standard InChI is InChI=1S/C12H23N3O2S2/c1-5-13-9-11-8-12(10-18-11)19(16,17)15(4)7-6-14(2)3/h8,10,13H,5-7,9H2,1-4H3. The molecular formula is C12H23N3O2S2. The van der Waals surface area contributed by atoms with E-state index in [0.29, 0.717) is 18.0 Å². The predicted octanol–water partition coefficient (Wildman–Crippen LogP) is 1.04. The van der Waals surface area contributed by atoms with E-state index in [1.165, 1.54) is 15.6 Å². The van der Waals surface area contributed by atoms with Gasteiger partial charge in [0, 0.05) is 36.9 Å². The van der Waals surface area contributed by atoms with Gasteiger partial charge in [0.15, 0.2) is 0 Å². The second-order valence-electron chi connectivity index (χ2n) is 4.66. The summed E-state index contributed by atoms with van der Waals surface area (Å²) in [6.07, 6.45) is 0. The molecule has 0 atom stereocenters. The monoisotopic (exact) mass is 305 g/mol. The van der Waals surface area contributed by atoms with Gasteiger partial charge in [0.25, 0.3) is 0 Å². The summed E-state index contributed by atoms with van der Waals surface area (Å²) < 4.78 is 26.1. The molecule has 0 bridgehead atoms. The van der Waals surface area contributed by atoms with Crippen LogP contribution in [0, 0.1) is 0 Å². The van der Waals surface area contributed by atoms with Crippen LogP contribution in [0.2, 0.25) is 0 Å². The number of rotatable bonds is 8. The lowest BCUT2D eigenvalue weighted by Crippen LogP contribution is -2.33. The molecule has 0 aromatic carbocycles. The summed E-state index contributed by atoms with van der Waals surface area (Å²) in [5.41, 5.74) is 0. The highest BCUT2D eigenvalue weighted by atomic mass is 32.2. The van der Waals surface area contributed by atoms with Gasteiger partial charge in [-0.3, -0.25) is 0 Å². The Morgan fingerprint density at radius 2 is 1.95 bits per heavy atom. The largest absolute Gasteiger partial charge is 0.312 e. The van der Waals surface area contributed by atoms with E-state index < -0.39 is 10.0 Å². The second kappa shape index (κ2) is 7.35. The van der Waals surface area contributed by atoms with Crippen molar-refractivity contribution in [3.8, 4) is 0 Å². The molecular weight excluding hydrogens is 282 g/mol. The van der Waals surface area contributed by atoms with Gasteiger partial charge >= 0.3 is 0 Å². The summed E-state index contributed by atoms with van der Waals surface area (Å²) in [4.78, 5) is 3.41. The predicted molar refractivity (Wildman–Crippen MR) is 80.1 cm³/mol. The molecule has 1 aromatic heterocycles. The van der Waals surface area contributed by atoms with Crippen molar-refractivity contribution >= 4 is 21.4 Å². The highest BCUT2D eigenvalue weighted by Crippen LogP contribution is 2.21. The van der Waals surface area contributed by atoms with Crippen LogP contribution in [0.3, 0.4) is 0 Å². The molecule has 0 amide bonds. The molecule has 0 unspecified atom stereocenters. The molecule has 5 nitrogen and oxygen atoms in total.